The van der Waals surface area contributed by atoms with Crippen LogP contribution in [0.5, 0.6) is 0 Å². The minimum absolute atomic E-state index is 1.10. The number of aromatic nitrogens is 1. The summed E-state index contributed by atoms with van der Waals surface area (Å²) < 4.78 is 0. The van der Waals surface area contributed by atoms with Crippen LogP contribution >= 0.6 is 0 Å². The van der Waals surface area contributed by atoms with E-state index in [-0.39, 0.29) is 0 Å². The molecule has 0 aliphatic rings. The van der Waals surface area contributed by atoms with Crippen molar-refractivity contribution < 1.29 is 0 Å². The molecule has 17 heavy (non-hydrogen) atoms. The largest absolute Gasteiger partial charge is 0.258 e. The van der Waals surface area contributed by atoms with Gasteiger partial charge < -0.3 is 0 Å². The third-order valence-corrected chi connectivity index (χ3v) is 2.95. The molecule has 1 aromatic rings. The monoisotopic (exact) mass is 235 g/mol. The second-order valence-electron chi connectivity index (χ2n) is 4.77. The highest BCUT2D eigenvalue weighted by Gasteiger charge is 1.90. The van der Waals surface area contributed by atoms with Crippen LogP contribution < -0.4 is 0 Å². The molecule has 1 aromatic heterocycles. The molecule has 0 N–H and O–H groups in total. The summed E-state index contributed by atoms with van der Waals surface area (Å²) in [5.41, 5.74) is 3.49. The number of rotatable bonds is 5. The van der Waals surface area contributed by atoms with Crippen LogP contribution in [0.1, 0.15) is 69.3 Å². The zero-order valence-electron chi connectivity index (χ0n) is 12.3. The predicted octanol–water partition coefficient (Wildman–Crippen LogP) is 5.37. The Hall–Kier alpha value is -0.850. The van der Waals surface area contributed by atoms with E-state index in [1.165, 1.54) is 44.1 Å². The lowest BCUT2D eigenvalue weighted by molar-refractivity contribution is 0.624. The highest BCUT2D eigenvalue weighted by atomic mass is 14.7. The van der Waals surface area contributed by atoms with E-state index in [0.29, 0.717) is 0 Å². The number of unbranched alkanes of at least 4 members (excludes halogenated alkanes) is 5. The maximum atomic E-state index is 4.27. The topological polar surface area (TPSA) is 12.9 Å². The van der Waals surface area contributed by atoms with Crippen LogP contribution in [-0.2, 0) is 0 Å². The number of nitrogens with zero attached hydrogens (tertiary/aromatic N) is 1. The van der Waals surface area contributed by atoms with E-state index in [1.54, 1.807) is 0 Å². The second-order valence-corrected chi connectivity index (χ2v) is 4.77. The van der Waals surface area contributed by atoms with Crippen LogP contribution in [0.25, 0.3) is 0 Å². The molecule has 0 saturated heterocycles. The number of hydrogen-bond acceptors (Lipinski definition) is 1. The second kappa shape index (κ2) is 10.3. The zero-order valence-corrected chi connectivity index (χ0v) is 12.3. The Kier molecular flexibility index (Phi) is 9.80. The Labute approximate surface area is 108 Å². The van der Waals surface area contributed by atoms with Gasteiger partial charge in [-0.1, -0.05) is 58.4 Å². The maximum Gasteiger partial charge on any atom is 0.0404 e. The summed E-state index contributed by atoms with van der Waals surface area (Å²) in [6.07, 6.45) is 8.49. The molecule has 0 aromatic carbocycles. The van der Waals surface area contributed by atoms with Gasteiger partial charge in [0.25, 0.3) is 0 Å². The van der Waals surface area contributed by atoms with Crippen LogP contribution in [0.4, 0.5) is 0 Å². The lowest BCUT2D eigenvalue weighted by Gasteiger charge is -1.97. The van der Waals surface area contributed by atoms with Gasteiger partial charge in [-0.3, -0.25) is 4.98 Å². The van der Waals surface area contributed by atoms with E-state index in [4.69, 9.17) is 0 Å². The average Bonchev–Trinajstić information content (AvgIpc) is 2.31. The predicted molar refractivity (Wildman–Crippen MR) is 77.5 cm³/mol. The van der Waals surface area contributed by atoms with Crippen molar-refractivity contribution in [2.24, 2.45) is 0 Å². The summed E-state index contributed by atoms with van der Waals surface area (Å²) in [6, 6.07) is 4.12. The number of hydrogen-bond donors (Lipinski definition) is 0. The van der Waals surface area contributed by atoms with E-state index in [1.807, 2.05) is 19.9 Å². The molecule has 98 valence electrons. The SMILES string of the molecule is CCCCCCCC.Cc1ccc(C)c(C)n1. The molecule has 0 spiro atoms. The van der Waals surface area contributed by atoms with Crippen LogP contribution in [0.2, 0.25) is 0 Å². The highest BCUT2D eigenvalue weighted by molar-refractivity contribution is 5.19. The van der Waals surface area contributed by atoms with Crippen LogP contribution in [0, 0.1) is 20.8 Å². The Bertz CT molecular complexity index is 286. The van der Waals surface area contributed by atoms with Gasteiger partial charge in [0.15, 0.2) is 0 Å². The first kappa shape index (κ1) is 16.1. The molecule has 0 radical (unpaired) electrons. The van der Waals surface area contributed by atoms with Crippen molar-refractivity contribution in [2.45, 2.75) is 73.1 Å². The molecule has 0 saturated carbocycles. The van der Waals surface area contributed by atoms with E-state index < -0.39 is 0 Å². The molecule has 1 heterocycles. The van der Waals surface area contributed by atoms with Gasteiger partial charge in [0, 0.05) is 11.4 Å². The molecule has 0 fully saturated rings. The van der Waals surface area contributed by atoms with Crippen LogP contribution in [0.15, 0.2) is 12.1 Å². The fourth-order valence-electron chi connectivity index (χ4n) is 1.61. The highest BCUT2D eigenvalue weighted by Crippen LogP contribution is 2.03. The summed E-state index contributed by atoms with van der Waals surface area (Å²) in [5.74, 6) is 0. The van der Waals surface area contributed by atoms with E-state index in [9.17, 15) is 0 Å². The van der Waals surface area contributed by atoms with Crippen molar-refractivity contribution in [3.05, 3.63) is 29.1 Å². The molecule has 1 heteroatoms. The Morgan fingerprint density at radius 2 is 1.35 bits per heavy atom. The molecule has 0 unspecified atom stereocenters. The van der Waals surface area contributed by atoms with E-state index >= 15 is 0 Å². The van der Waals surface area contributed by atoms with Crippen molar-refractivity contribution in [1.29, 1.82) is 0 Å². The fraction of sp³-hybridized carbons (Fsp3) is 0.688. The Morgan fingerprint density at radius 3 is 1.71 bits per heavy atom. The van der Waals surface area contributed by atoms with Crippen molar-refractivity contribution in [3.63, 3.8) is 0 Å². The molecule has 1 nitrogen and oxygen atoms in total. The van der Waals surface area contributed by atoms with Crippen molar-refractivity contribution in [2.75, 3.05) is 0 Å². The third kappa shape index (κ3) is 8.91. The van der Waals surface area contributed by atoms with E-state index in [0.717, 1.165) is 11.4 Å². The van der Waals surface area contributed by atoms with Gasteiger partial charge in [-0.25, -0.2) is 0 Å². The van der Waals surface area contributed by atoms with Gasteiger partial charge in [-0.2, -0.15) is 0 Å². The Balaban J connectivity index is 0.000000304. The van der Waals surface area contributed by atoms with Gasteiger partial charge in [0.2, 0.25) is 0 Å². The maximum absolute atomic E-state index is 4.27. The van der Waals surface area contributed by atoms with Crippen molar-refractivity contribution >= 4 is 0 Å². The van der Waals surface area contributed by atoms with Crippen LogP contribution in [0.3, 0.4) is 0 Å². The minimum Gasteiger partial charge on any atom is -0.258 e. The summed E-state index contributed by atoms with van der Waals surface area (Å²) in [5, 5.41) is 0. The average molecular weight is 235 g/mol. The zero-order chi connectivity index (χ0) is 13.1. The molecule has 0 atom stereocenters. The van der Waals surface area contributed by atoms with Gasteiger partial charge >= 0.3 is 0 Å². The van der Waals surface area contributed by atoms with Gasteiger partial charge in [0.1, 0.15) is 0 Å². The summed E-state index contributed by atoms with van der Waals surface area (Å²) in [4.78, 5) is 4.27. The first-order valence-corrected chi connectivity index (χ1v) is 7.02. The summed E-state index contributed by atoms with van der Waals surface area (Å²) >= 11 is 0. The minimum atomic E-state index is 1.10. The molecule has 0 bridgehead atoms. The van der Waals surface area contributed by atoms with E-state index in [2.05, 4.69) is 31.8 Å². The molecular formula is C16H29N. The first-order chi connectivity index (χ1) is 8.11. The number of aryl methyl sites for hydroxylation is 3. The lowest BCUT2D eigenvalue weighted by Crippen LogP contribution is -1.87. The number of pyridine rings is 1. The normalized spacial score (nSPS) is 9.71. The Morgan fingerprint density at radius 1 is 0.824 bits per heavy atom. The molecular weight excluding hydrogens is 206 g/mol. The fourth-order valence-corrected chi connectivity index (χ4v) is 1.61. The van der Waals surface area contributed by atoms with Gasteiger partial charge in [-0.15, -0.1) is 0 Å². The van der Waals surface area contributed by atoms with Crippen LogP contribution in [-0.4, -0.2) is 4.98 Å². The first-order valence-electron chi connectivity index (χ1n) is 7.02. The molecule has 1 rings (SSSR count). The summed E-state index contributed by atoms with van der Waals surface area (Å²) in [6.45, 7) is 10.6. The summed E-state index contributed by atoms with van der Waals surface area (Å²) in [7, 11) is 0. The quantitative estimate of drug-likeness (QED) is 0.625. The van der Waals surface area contributed by atoms with Gasteiger partial charge in [0.05, 0.1) is 0 Å². The smallest absolute Gasteiger partial charge is 0.0404 e. The molecule has 0 amide bonds. The van der Waals surface area contributed by atoms with Crippen molar-refractivity contribution in [3.8, 4) is 0 Å². The van der Waals surface area contributed by atoms with Crippen molar-refractivity contribution in [1.82, 2.24) is 4.98 Å². The molecule has 0 aliphatic carbocycles. The standard InChI is InChI=1S/C8H11N.C8H18/c1-6-4-5-7(2)9-8(6)3;1-3-5-7-8-6-4-2/h4-5H,1-3H3;3-8H2,1-2H3. The third-order valence-electron chi connectivity index (χ3n) is 2.95. The lowest BCUT2D eigenvalue weighted by atomic mass is 10.1. The van der Waals surface area contributed by atoms with Gasteiger partial charge in [-0.05, 0) is 32.4 Å². The molecule has 0 aliphatic heterocycles.